The molecule has 0 aliphatic rings. The van der Waals surface area contributed by atoms with Gasteiger partial charge in [-0.3, -0.25) is 4.79 Å². The molecular formula is C16H15N3O3. The van der Waals surface area contributed by atoms with E-state index in [1.165, 1.54) is 13.3 Å². The summed E-state index contributed by atoms with van der Waals surface area (Å²) in [6.07, 6.45) is 6.09. The lowest BCUT2D eigenvalue weighted by Crippen LogP contribution is -2.02. The summed E-state index contributed by atoms with van der Waals surface area (Å²) in [7, 11) is 1.50. The fourth-order valence-corrected chi connectivity index (χ4v) is 2.22. The molecule has 0 fully saturated rings. The van der Waals surface area contributed by atoms with E-state index in [0.717, 1.165) is 23.2 Å². The number of hydrogen-bond donors (Lipinski definition) is 0. The second kappa shape index (κ2) is 5.85. The van der Waals surface area contributed by atoms with Gasteiger partial charge in [-0.1, -0.05) is 6.07 Å². The predicted octanol–water partition coefficient (Wildman–Crippen LogP) is 2.44. The molecule has 112 valence electrons. The number of rotatable bonds is 5. The molecule has 0 aromatic carbocycles. The Bertz CT molecular complexity index is 827. The largest absolute Gasteiger partial charge is 0.486 e. The van der Waals surface area contributed by atoms with Gasteiger partial charge in [-0.2, -0.15) is 0 Å². The molecule has 0 atom stereocenters. The monoisotopic (exact) mass is 297 g/mol. The minimum absolute atomic E-state index is 0.301. The molecule has 0 amide bonds. The van der Waals surface area contributed by atoms with Crippen LogP contribution >= 0.6 is 0 Å². The van der Waals surface area contributed by atoms with Crippen LogP contribution < -0.4 is 9.47 Å². The number of nitrogens with zero attached hydrogens (tertiary/aromatic N) is 3. The zero-order chi connectivity index (χ0) is 15.5. The average Bonchev–Trinajstić information content (AvgIpc) is 2.93. The molecule has 0 radical (unpaired) electrons. The molecule has 0 aliphatic carbocycles. The van der Waals surface area contributed by atoms with Crippen molar-refractivity contribution in [2.24, 2.45) is 0 Å². The van der Waals surface area contributed by atoms with Crippen molar-refractivity contribution in [1.82, 2.24) is 14.4 Å². The Hall–Kier alpha value is -2.89. The van der Waals surface area contributed by atoms with Gasteiger partial charge in [0.15, 0.2) is 6.29 Å². The van der Waals surface area contributed by atoms with Crippen LogP contribution in [-0.2, 0) is 6.61 Å². The summed E-state index contributed by atoms with van der Waals surface area (Å²) in [5.74, 6) is 0.793. The molecule has 0 aliphatic heterocycles. The summed E-state index contributed by atoms with van der Waals surface area (Å²) in [4.78, 5) is 19.7. The summed E-state index contributed by atoms with van der Waals surface area (Å²) in [5, 5.41) is 0. The van der Waals surface area contributed by atoms with Crippen LogP contribution in [0.3, 0.4) is 0 Å². The molecule has 3 aromatic rings. The van der Waals surface area contributed by atoms with E-state index in [4.69, 9.17) is 9.47 Å². The lowest BCUT2D eigenvalue weighted by molar-refractivity contribution is 0.111. The van der Waals surface area contributed by atoms with Gasteiger partial charge in [0, 0.05) is 24.0 Å². The van der Waals surface area contributed by atoms with Gasteiger partial charge in [-0.15, -0.1) is 0 Å². The van der Waals surface area contributed by atoms with E-state index >= 15 is 0 Å². The van der Waals surface area contributed by atoms with Crippen molar-refractivity contribution < 1.29 is 14.3 Å². The molecule has 0 unspecified atom stereocenters. The van der Waals surface area contributed by atoms with Crippen molar-refractivity contribution in [2.75, 3.05) is 7.11 Å². The third kappa shape index (κ3) is 2.63. The van der Waals surface area contributed by atoms with Gasteiger partial charge in [-0.25, -0.2) is 9.97 Å². The highest BCUT2D eigenvalue weighted by Gasteiger charge is 2.09. The Morgan fingerprint density at radius 2 is 2.27 bits per heavy atom. The van der Waals surface area contributed by atoms with E-state index in [0.29, 0.717) is 23.8 Å². The standard InChI is InChI=1S/C16H15N3O3/c1-11-8-19-5-3-4-12(16(19)18-11)10-22-14-7-17-15(21-2)6-13(14)9-20/h3-9H,10H2,1-2H3. The highest BCUT2D eigenvalue weighted by Crippen LogP contribution is 2.21. The molecule has 3 rings (SSSR count). The normalized spacial score (nSPS) is 10.6. The number of hydrogen-bond acceptors (Lipinski definition) is 5. The van der Waals surface area contributed by atoms with Crippen molar-refractivity contribution in [3.05, 3.63) is 53.6 Å². The van der Waals surface area contributed by atoms with Crippen molar-refractivity contribution >= 4 is 11.9 Å². The Balaban J connectivity index is 1.86. The highest BCUT2D eigenvalue weighted by atomic mass is 16.5. The van der Waals surface area contributed by atoms with E-state index in [-0.39, 0.29) is 0 Å². The highest BCUT2D eigenvalue weighted by molar-refractivity contribution is 5.79. The topological polar surface area (TPSA) is 65.7 Å². The van der Waals surface area contributed by atoms with Gasteiger partial charge in [0.25, 0.3) is 0 Å². The van der Waals surface area contributed by atoms with Gasteiger partial charge in [0.2, 0.25) is 5.88 Å². The van der Waals surface area contributed by atoms with E-state index in [1.807, 2.05) is 35.9 Å². The summed E-state index contributed by atoms with van der Waals surface area (Å²) < 4.78 is 12.7. The number of methoxy groups -OCH3 is 1. The van der Waals surface area contributed by atoms with Crippen molar-refractivity contribution in [2.45, 2.75) is 13.5 Å². The number of aromatic nitrogens is 3. The molecule has 0 saturated carbocycles. The molecule has 0 saturated heterocycles. The number of imidazole rings is 1. The Kier molecular flexibility index (Phi) is 3.74. The van der Waals surface area contributed by atoms with Gasteiger partial charge in [0.1, 0.15) is 18.0 Å². The second-order valence-corrected chi connectivity index (χ2v) is 4.82. The number of carbonyl (C=O) groups is 1. The van der Waals surface area contributed by atoms with Crippen LogP contribution in [0.4, 0.5) is 0 Å². The van der Waals surface area contributed by atoms with Crippen LogP contribution in [0.15, 0.2) is 36.8 Å². The van der Waals surface area contributed by atoms with Crippen molar-refractivity contribution in [3.8, 4) is 11.6 Å². The molecule has 22 heavy (non-hydrogen) atoms. The Morgan fingerprint density at radius 3 is 3.05 bits per heavy atom. The third-order valence-electron chi connectivity index (χ3n) is 3.28. The van der Waals surface area contributed by atoms with Crippen LogP contribution in [-0.4, -0.2) is 27.8 Å². The summed E-state index contributed by atoms with van der Waals surface area (Å²) in [6.45, 7) is 2.24. The fourth-order valence-electron chi connectivity index (χ4n) is 2.22. The predicted molar refractivity (Wildman–Crippen MR) is 80.4 cm³/mol. The molecule has 0 bridgehead atoms. The molecular weight excluding hydrogens is 282 g/mol. The van der Waals surface area contributed by atoms with Crippen LogP contribution in [0.1, 0.15) is 21.6 Å². The first kappa shape index (κ1) is 14.1. The molecule has 0 spiro atoms. The number of ether oxygens (including phenoxy) is 2. The maximum Gasteiger partial charge on any atom is 0.213 e. The minimum atomic E-state index is 0.301. The summed E-state index contributed by atoms with van der Waals surface area (Å²) in [5.41, 5.74) is 3.11. The zero-order valence-electron chi connectivity index (χ0n) is 12.3. The number of aldehydes is 1. The fraction of sp³-hybridized carbons (Fsp3) is 0.188. The summed E-state index contributed by atoms with van der Waals surface area (Å²) >= 11 is 0. The quantitative estimate of drug-likeness (QED) is 0.677. The van der Waals surface area contributed by atoms with Gasteiger partial charge in [0.05, 0.1) is 24.6 Å². The third-order valence-corrected chi connectivity index (χ3v) is 3.28. The first-order valence-corrected chi connectivity index (χ1v) is 6.76. The van der Waals surface area contributed by atoms with E-state index in [2.05, 4.69) is 9.97 Å². The van der Waals surface area contributed by atoms with Crippen LogP contribution in [0, 0.1) is 6.92 Å². The van der Waals surface area contributed by atoms with Crippen molar-refractivity contribution in [1.29, 1.82) is 0 Å². The smallest absolute Gasteiger partial charge is 0.213 e. The van der Waals surface area contributed by atoms with E-state index < -0.39 is 0 Å². The first-order valence-electron chi connectivity index (χ1n) is 6.76. The summed E-state index contributed by atoms with van der Waals surface area (Å²) in [6, 6.07) is 5.42. The molecule has 3 aromatic heterocycles. The zero-order valence-corrected chi connectivity index (χ0v) is 12.3. The van der Waals surface area contributed by atoms with Gasteiger partial charge in [-0.05, 0) is 13.0 Å². The molecule has 6 heteroatoms. The van der Waals surface area contributed by atoms with E-state index in [9.17, 15) is 4.79 Å². The molecule has 3 heterocycles. The van der Waals surface area contributed by atoms with Crippen LogP contribution in [0.2, 0.25) is 0 Å². The number of carbonyl (C=O) groups excluding carboxylic acids is 1. The minimum Gasteiger partial charge on any atom is -0.486 e. The second-order valence-electron chi connectivity index (χ2n) is 4.82. The number of aryl methyl sites for hydroxylation is 1. The SMILES string of the molecule is COc1cc(C=O)c(OCc2cccn3cc(C)nc23)cn1. The van der Waals surface area contributed by atoms with Crippen LogP contribution in [0.5, 0.6) is 11.6 Å². The lowest BCUT2D eigenvalue weighted by atomic mass is 10.2. The lowest BCUT2D eigenvalue weighted by Gasteiger charge is -2.09. The van der Waals surface area contributed by atoms with Gasteiger partial charge < -0.3 is 13.9 Å². The molecule has 6 nitrogen and oxygen atoms in total. The number of pyridine rings is 2. The number of fused-ring (bicyclic) bond motifs is 1. The van der Waals surface area contributed by atoms with Gasteiger partial charge >= 0.3 is 0 Å². The molecule has 0 N–H and O–H groups in total. The Morgan fingerprint density at radius 1 is 1.41 bits per heavy atom. The van der Waals surface area contributed by atoms with Crippen molar-refractivity contribution in [3.63, 3.8) is 0 Å². The first-order chi connectivity index (χ1) is 10.7. The van der Waals surface area contributed by atoms with E-state index in [1.54, 1.807) is 6.07 Å². The maximum absolute atomic E-state index is 11.1. The maximum atomic E-state index is 11.1. The van der Waals surface area contributed by atoms with Crippen LogP contribution in [0.25, 0.3) is 5.65 Å². The Labute approximate surface area is 127 Å². The average molecular weight is 297 g/mol.